The second-order valence-electron chi connectivity index (χ2n) is 5.14. The number of aliphatic hydroxyl groups excluding tert-OH is 1. The van der Waals surface area contributed by atoms with E-state index >= 15 is 0 Å². The smallest absolute Gasteiger partial charge is 0.129 e. The molecule has 1 aromatic rings. The summed E-state index contributed by atoms with van der Waals surface area (Å²) in [5, 5.41) is 9.99. The molecule has 0 aromatic heterocycles. The van der Waals surface area contributed by atoms with E-state index in [4.69, 9.17) is 5.73 Å². The molecule has 2 unspecified atom stereocenters. The second-order valence-corrected chi connectivity index (χ2v) is 5.14. The molecule has 100 valence electrons. The van der Waals surface area contributed by atoms with E-state index in [2.05, 4.69) is 0 Å². The molecular formula is C14H21FN2O. The van der Waals surface area contributed by atoms with Crippen LogP contribution in [0.5, 0.6) is 0 Å². The number of nitrogens with zero attached hydrogens (tertiary/aromatic N) is 1. The summed E-state index contributed by atoms with van der Waals surface area (Å²) in [5.74, 6) is -0.271. The van der Waals surface area contributed by atoms with Crippen LogP contribution in [0.1, 0.15) is 31.2 Å². The van der Waals surface area contributed by atoms with Gasteiger partial charge in [0.2, 0.25) is 0 Å². The number of nitrogens with two attached hydrogens (primary N) is 1. The number of halogens is 1. The Bertz CT molecular complexity index is 391. The number of likely N-dealkylation sites (N-methyl/N-ethyl adjacent to an activating group) is 1. The second kappa shape index (κ2) is 5.67. The van der Waals surface area contributed by atoms with Crippen molar-refractivity contribution in [3.63, 3.8) is 0 Å². The lowest BCUT2D eigenvalue weighted by molar-refractivity contribution is 0.0285. The van der Waals surface area contributed by atoms with Crippen molar-refractivity contribution >= 4 is 5.69 Å². The van der Waals surface area contributed by atoms with E-state index in [1.807, 2.05) is 11.9 Å². The predicted molar refractivity (Wildman–Crippen MR) is 70.5 cm³/mol. The van der Waals surface area contributed by atoms with Gasteiger partial charge in [-0.05, 0) is 32.0 Å². The molecule has 3 nitrogen and oxygen atoms in total. The average molecular weight is 252 g/mol. The first-order valence-electron chi connectivity index (χ1n) is 6.50. The highest BCUT2D eigenvalue weighted by molar-refractivity contribution is 5.47. The Morgan fingerprint density at radius 2 is 2.11 bits per heavy atom. The molecular weight excluding hydrogens is 231 g/mol. The van der Waals surface area contributed by atoms with Crippen LogP contribution in [0.3, 0.4) is 0 Å². The van der Waals surface area contributed by atoms with Crippen molar-refractivity contribution in [3.8, 4) is 0 Å². The van der Waals surface area contributed by atoms with Gasteiger partial charge in [0, 0.05) is 23.8 Å². The minimum atomic E-state index is -0.309. The minimum Gasteiger partial charge on any atom is -0.398 e. The van der Waals surface area contributed by atoms with Gasteiger partial charge in [-0.25, -0.2) is 4.39 Å². The summed E-state index contributed by atoms with van der Waals surface area (Å²) in [6.07, 6.45) is 3.69. The van der Waals surface area contributed by atoms with Crippen molar-refractivity contribution < 1.29 is 9.50 Å². The molecule has 0 amide bonds. The molecule has 0 spiro atoms. The van der Waals surface area contributed by atoms with Gasteiger partial charge < -0.3 is 10.8 Å². The van der Waals surface area contributed by atoms with Crippen LogP contribution >= 0.6 is 0 Å². The highest BCUT2D eigenvalue weighted by atomic mass is 19.1. The Kier molecular flexibility index (Phi) is 4.19. The standard InChI is InChI=1S/C14H21FN2O/c1-17(13-7-2-3-8-14(13)18)9-10-11(15)5-4-6-12(10)16/h4-6,13-14,18H,2-3,7-9,16H2,1H3. The fraction of sp³-hybridized carbons (Fsp3) is 0.571. The third-order valence-electron chi connectivity index (χ3n) is 3.82. The predicted octanol–water partition coefficient (Wildman–Crippen LogP) is 2.14. The van der Waals surface area contributed by atoms with Gasteiger partial charge in [0.25, 0.3) is 0 Å². The van der Waals surface area contributed by atoms with Crippen LogP contribution in [0.2, 0.25) is 0 Å². The maximum absolute atomic E-state index is 13.7. The van der Waals surface area contributed by atoms with Gasteiger partial charge in [-0.3, -0.25) is 4.90 Å². The summed E-state index contributed by atoms with van der Waals surface area (Å²) >= 11 is 0. The Labute approximate surface area is 107 Å². The summed E-state index contributed by atoms with van der Waals surface area (Å²) in [7, 11) is 1.92. The molecule has 0 radical (unpaired) electrons. The first-order valence-corrected chi connectivity index (χ1v) is 6.50. The SMILES string of the molecule is CN(Cc1c(N)cccc1F)C1CCCCC1O. The van der Waals surface area contributed by atoms with E-state index in [1.54, 1.807) is 12.1 Å². The molecule has 0 bridgehead atoms. The lowest BCUT2D eigenvalue weighted by atomic mass is 9.91. The van der Waals surface area contributed by atoms with Gasteiger partial charge in [-0.15, -0.1) is 0 Å². The molecule has 1 aliphatic rings. The van der Waals surface area contributed by atoms with Crippen LogP contribution in [0.15, 0.2) is 18.2 Å². The zero-order valence-corrected chi connectivity index (χ0v) is 10.8. The summed E-state index contributed by atoms with van der Waals surface area (Å²) in [6, 6.07) is 4.86. The molecule has 2 atom stereocenters. The summed E-state index contributed by atoms with van der Waals surface area (Å²) in [5.41, 5.74) is 6.81. The normalized spacial score (nSPS) is 24.4. The number of rotatable bonds is 3. The quantitative estimate of drug-likeness (QED) is 0.810. The first kappa shape index (κ1) is 13.3. The molecule has 1 aromatic carbocycles. The van der Waals surface area contributed by atoms with E-state index in [-0.39, 0.29) is 18.0 Å². The van der Waals surface area contributed by atoms with Crippen LogP contribution in [-0.2, 0) is 6.54 Å². The topological polar surface area (TPSA) is 49.5 Å². The number of benzene rings is 1. The molecule has 3 N–H and O–H groups in total. The van der Waals surface area contributed by atoms with E-state index in [0.717, 1.165) is 25.7 Å². The summed E-state index contributed by atoms with van der Waals surface area (Å²) in [6.45, 7) is 0.445. The monoisotopic (exact) mass is 252 g/mol. The van der Waals surface area contributed by atoms with Crippen molar-refractivity contribution in [1.82, 2.24) is 4.90 Å². The minimum absolute atomic E-state index is 0.109. The van der Waals surface area contributed by atoms with Gasteiger partial charge >= 0.3 is 0 Å². The fourth-order valence-electron chi connectivity index (χ4n) is 2.71. The molecule has 2 rings (SSSR count). The molecule has 0 heterocycles. The highest BCUT2D eigenvalue weighted by Gasteiger charge is 2.27. The van der Waals surface area contributed by atoms with Crippen molar-refractivity contribution in [2.45, 2.75) is 44.4 Å². The zero-order valence-electron chi connectivity index (χ0n) is 10.8. The van der Waals surface area contributed by atoms with E-state index < -0.39 is 0 Å². The number of anilines is 1. The van der Waals surface area contributed by atoms with Gasteiger partial charge in [-0.2, -0.15) is 0 Å². The summed E-state index contributed by atoms with van der Waals surface area (Å²) < 4.78 is 13.7. The number of nitrogen functional groups attached to an aromatic ring is 1. The van der Waals surface area contributed by atoms with Crippen molar-refractivity contribution in [2.24, 2.45) is 0 Å². The van der Waals surface area contributed by atoms with Crippen LogP contribution in [0.25, 0.3) is 0 Å². The van der Waals surface area contributed by atoms with E-state index in [9.17, 15) is 9.50 Å². The molecule has 1 fully saturated rings. The molecule has 0 saturated heterocycles. The molecule has 0 aliphatic heterocycles. The Morgan fingerprint density at radius 1 is 1.39 bits per heavy atom. The van der Waals surface area contributed by atoms with Crippen molar-refractivity contribution in [3.05, 3.63) is 29.6 Å². The Balaban J connectivity index is 2.08. The van der Waals surface area contributed by atoms with Gasteiger partial charge in [-0.1, -0.05) is 18.9 Å². The van der Waals surface area contributed by atoms with Crippen LogP contribution in [0, 0.1) is 5.82 Å². The Hall–Kier alpha value is -1.13. The van der Waals surface area contributed by atoms with E-state index in [0.29, 0.717) is 17.8 Å². The van der Waals surface area contributed by atoms with Crippen molar-refractivity contribution in [2.75, 3.05) is 12.8 Å². The average Bonchev–Trinajstić information content (AvgIpc) is 2.34. The lowest BCUT2D eigenvalue weighted by Gasteiger charge is -2.35. The summed E-state index contributed by atoms with van der Waals surface area (Å²) in [4.78, 5) is 2.01. The molecule has 1 saturated carbocycles. The van der Waals surface area contributed by atoms with Crippen molar-refractivity contribution in [1.29, 1.82) is 0 Å². The van der Waals surface area contributed by atoms with Crippen LogP contribution in [-0.4, -0.2) is 29.2 Å². The van der Waals surface area contributed by atoms with E-state index in [1.165, 1.54) is 6.07 Å². The number of hydrogen-bond acceptors (Lipinski definition) is 3. The third kappa shape index (κ3) is 2.82. The van der Waals surface area contributed by atoms with Gasteiger partial charge in [0.1, 0.15) is 5.82 Å². The lowest BCUT2D eigenvalue weighted by Crippen LogP contribution is -2.43. The maximum atomic E-state index is 13.7. The maximum Gasteiger partial charge on any atom is 0.129 e. The number of hydrogen-bond donors (Lipinski definition) is 2. The zero-order chi connectivity index (χ0) is 13.1. The molecule has 1 aliphatic carbocycles. The first-order chi connectivity index (χ1) is 8.59. The van der Waals surface area contributed by atoms with Crippen LogP contribution in [0.4, 0.5) is 10.1 Å². The van der Waals surface area contributed by atoms with Crippen LogP contribution < -0.4 is 5.73 Å². The third-order valence-corrected chi connectivity index (χ3v) is 3.82. The molecule has 18 heavy (non-hydrogen) atoms. The molecule has 4 heteroatoms. The Morgan fingerprint density at radius 3 is 2.78 bits per heavy atom. The largest absolute Gasteiger partial charge is 0.398 e. The van der Waals surface area contributed by atoms with Gasteiger partial charge in [0.05, 0.1) is 6.10 Å². The van der Waals surface area contributed by atoms with Gasteiger partial charge in [0.15, 0.2) is 0 Å². The number of aliphatic hydroxyl groups is 1. The highest BCUT2D eigenvalue weighted by Crippen LogP contribution is 2.25. The fourth-order valence-corrected chi connectivity index (χ4v) is 2.71.